The molecular formula is C15H11F3N2S. The molecule has 0 saturated heterocycles. The minimum Gasteiger partial charge on any atom is -0.294 e. The van der Waals surface area contributed by atoms with Crippen LogP contribution in [-0.2, 0) is 6.18 Å². The van der Waals surface area contributed by atoms with E-state index in [1.165, 1.54) is 18.0 Å². The summed E-state index contributed by atoms with van der Waals surface area (Å²) in [6.45, 7) is 1.97. The van der Waals surface area contributed by atoms with Crippen molar-refractivity contribution in [2.75, 3.05) is 0 Å². The molecule has 0 fully saturated rings. The highest BCUT2D eigenvalue weighted by Crippen LogP contribution is 2.35. The molecule has 2 heterocycles. The largest absolute Gasteiger partial charge is 0.416 e. The molecule has 2 nitrogen and oxygen atoms in total. The van der Waals surface area contributed by atoms with Crippen molar-refractivity contribution in [2.45, 2.75) is 23.0 Å². The standard InChI is InChI=1S/C15H11F3N2S/c1-10-2-4-12(5-3-10)21-14-9-11(15(16,17)18)8-13-19-6-7-20(13)14/h2-9H,1H3. The van der Waals surface area contributed by atoms with Gasteiger partial charge in [-0.3, -0.25) is 4.40 Å². The van der Waals surface area contributed by atoms with Crippen molar-refractivity contribution in [3.8, 4) is 0 Å². The number of imidazole rings is 1. The Bertz CT molecular complexity index is 776. The predicted octanol–water partition coefficient (Wildman–Crippen LogP) is 4.81. The van der Waals surface area contributed by atoms with Crippen LogP contribution in [0.4, 0.5) is 13.2 Å². The molecule has 0 aliphatic carbocycles. The molecule has 2 aromatic heterocycles. The second kappa shape index (κ2) is 5.11. The van der Waals surface area contributed by atoms with Crippen LogP contribution in [0.1, 0.15) is 11.1 Å². The number of pyridine rings is 1. The van der Waals surface area contributed by atoms with Gasteiger partial charge in [0.05, 0.1) is 10.6 Å². The van der Waals surface area contributed by atoms with Crippen molar-refractivity contribution in [1.82, 2.24) is 9.38 Å². The van der Waals surface area contributed by atoms with Gasteiger partial charge in [0, 0.05) is 17.3 Å². The lowest BCUT2D eigenvalue weighted by Gasteiger charge is -2.11. The van der Waals surface area contributed by atoms with Crippen molar-refractivity contribution in [2.24, 2.45) is 0 Å². The molecule has 0 amide bonds. The van der Waals surface area contributed by atoms with Gasteiger partial charge in [-0.1, -0.05) is 29.5 Å². The number of hydrogen-bond donors (Lipinski definition) is 0. The topological polar surface area (TPSA) is 17.3 Å². The van der Waals surface area contributed by atoms with E-state index < -0.39 is 11.7 Å². The minimum atomic E-state index is -4.38. The number of fused-ring (bicyclic) bond motifs is 1. The zero-order chi connectivity index (χ0) is 15.0. The summed E-state index contributed by atoms with van der Waals surface area (Å²) in [7, 11) is 0. The summed E-state index contributed by atoms with van der Waals surface area (Å²) in [6, 6.07) is 9.85. The van der Waals surface area contributed by atoms with Crippen LogP contribution in [0.2, 0.25) is 0 Å². The Labute approximate surface area is 123 Å². The smallest absolute Gasteiger partial charge is 0.294 e. The fourth-order valence-electron chi connectivity index (χ4n) is 1.96. The van der Waals surface area contributed by atoms with Gasteiger partial charge < -0.3 is 0 Å². The first-order valence-corrected chi connectivity index (χ1v) is 7.04. The third kappa shape index (κ3) is 2.90. The van der Waals surface area contributed by atoms with E-state index in [9.17, 15) is 13.2 Å². The fourth-order valence-corrected chi connectivity index (χ4v) is 2.91. The molecule has 0 unspecified atom stereocenters. The van der Waals surface area contributed by atoms with Gasteiger partial charge in [0.25, 0.3) is 0 Å². The summed E-state index contributed by atoms with van der Waals surface area (Å²) in [5.41, 5.74) is 0.714. The van der Waals surface area contributed by atoms with Crippen molar-refractivity contribution < 1.29 is 13.2 Å². The summed E-state index contributed by atoms with van der Waals surface area (Å²) >= 11 is 1.28. The molecule has 0 atom stereocenters. The van der Waals surface area contributed by atoms with Crippen LogP contribution in [0.3, 0.4) is 0 Å². The van der Waals surface area contributed by atoms with Crippen LogP contribution in [0, 0.1) is 6.92 Å². The van der Waals surface area contributed by atoms with E-state index in [0.717, 1.165) is 22.6 Å². The third-order valence-electron chi connectivity index (χ3n) is 3.04. The molecule has 21 heavy (non-hydrogen) atoms. The molecule has 0 bridgehead atoms. The molecule has 0 radical (unpaired) electrons. The Morgan fingerprint density at radius 3 is 2.48 bits per heavy atom. The lowest BCUT2D eigenvalue weighted by atomic mass is 10.2. The van der Waals surface area contributed by atoms with Crippen LogP contribution in [0.5, 0.6) is 0 Å². The zero-order valence-corrected chi connectivity index (χ0v) is 11.9. The fraction of sp³-hybridized carbons (Fsp3) is 0.133. The van der Waals surface area contributed by atoms with E-state index in [0.29, 0.717) is 10.7 Å². The predicted molar refractivity (Wildman–Crippen MR) is 75.5 cm³/mol. The maximum absolute atomic E-state index is 12.9. The molecular weight excluding hydrogens is 297 g/mol. The van der Waals surface area contributed by atoms with Crippen molar-refractivity contribution in [3.63, 3.8) is 0 Å². The molecule has 0 aliphatic rings. The molecule has 108 valence electrons. The molecule has 1 aromatic carbocycles. The van der Waals surface area contributed by atoms with Gasteiger partial charge in [0.1, 0.15) is 5.65 Å². The molecule has 6 heteroatoms. The number of nitrogens with zero attached hydrogens (tertiary/aromatic N) is 2. The molecule has 0 aliphatic heterocycles. The van der Waals surface area contributed by atoms with Crippen molar-refractivity contribution in [1.29, 1.82) is 0 Å². The highest BCUT2D eigenvalue weighted by atomic mass is 32.2. The number of alkyl halides is 3. The second-order valence-electron chi connectivity index (χ2n) is 4.65. The Hall–Kier alpha value is -1.95. The Balaban J connectivity index is 2.07. The van der Waals surface area contributed by atoms with Gasteiger partial charge in [0.15, 0.2) is 0 Å². The highest BCUT2D eigenvalue weighted by Gasteiger charge is 2.31. The average Bonchev–Trinajstić information content (AvgIpc) is 2.89. The summed E-state index contributed by atoms with van der Waals surface area (Å²) < 4.78 is 40.5. The van der Waals surface area contributed by atoms with Crippen LogP contribution >= 0.6 is 11.8 Å². The molecule has 3 rings (SSSR count). The van der Waals surface area contributed by atoms with Gasteiger partial charge >= 0.3 is 6.18 Å². The third-order valence-corrected chi connectivity index (χ3v) is 4.07. The highest BCUT2D eigenvalue weighted by molar-refractivity contribution is 7.99. The molecule has 0 N–H and O–H groups in total. The van der Waals surface area contributed by atoms with Gasteiger partial charge in [-0.25, -0.2) is 4.98 Å². The quantitative estimate of drug-likeness (QED) is 0.675. The summed E-state index contributed by atoms with van der Waals surface area (Å²) in [5.74, 6) is 0. The van der Waals surface area contributed by atoms with E-state index >= 15 is 0 Å². The van der Waals surface area contributed by atoms with Crippen LogP contribution in [-0.4, -0.2) is 9.38 Å². The van der Waals surface area contributed by atoms with Crippen molar-refractivity contribution >= 4 is 17.4 Å². The van der Waals surface area contributed by atoms with Gasteiger partial charge in [-0.05, 0) is 31.2 Å². The van der Waals surface area contributed by atoms with E-state index in [1.807, 2.05) is 31.2 Å². The Morgan fingerprint density at radius 1 is 1.10 bits per heavy atom. The van der Waals surface area contributed by atoms with Crippen LogP contribution < -0.4 is 0 Å². The molecule has 0 saturated carbocycles. The first-order valence-electron chi connectivity index (χ1n) is 6.22. The average molecular weight is 308 g/mol. The van der Waals surface area contributed by atoms with E-state index in [2.05, 4.69) is 4.98 Å². The molecule has 0 spiro atoms. The lowest BCUT2D eigenvalue weighted by molar-refractivity contribution is -0.137. The van der Waals surface area contributed by atoms with Gasteiger partial charge in [-0.2, -0.15) is 13.2 Å². The number of rotatable bonds is 2. The summed E-state index contributed by atoms with van der Waals surface area (Å²) in [6.07, 6.45) is -1.23. The first-order chi connectivity index (χ1) is 9.93. The zero-order valence-electron chi connectivity index (χ0n) is 11.1. The Kier molecular flexibility index (Phi) is 3.41. The van der Waals surface area contributed by atoms with Gasteiger partial charge in [-0.15, -0.1) is 0 Å². The maximum Gasteiger partial charge on any atom is 0.416 e. The van der Waals surface area contributed by atoms with E-state index in [4.69, 9.17) is 0 Å². The molecule has 3 aromatic rings. The SMILES string of the molecule is Cc1ccc(Sc2cc(C(F)(F)F)cc3nccn23)cc1. The summed E-state index contributed by atoms with van der Waals surface area (Å²) in [5, 5.41) is 0.487. The normalized spacial score (nSPS) is 12.0. The number of halogens is 3. The number of aryl methyl sites for hydroxylation is 1. The second-order valence-corrected chi connectivity index (χ2v) is 5.74. The van der Waals surface area contributed by atoms with Crippen LogP contribution in [0.25, 0.3) is 5.65 Å². The van der Waals surface area contributed by atoms with Crippen LogP contribution in [0.15, 0.2) is 58.7 Å². The first kappa shape index (κ1) is 14.0. The van der Waals surface area contributed by atoms with Crippen molar-refractivity contribution in [3.05, 3.63) is 59.9 Å². The monoisotopic (exact) mass is 308 g/mol. The number of benzene rings is 1. The minimum absolute atomic E-state index is 0.291. The Morgan fingerprint density at radius 2 is 1.81 bits per heavy atom. The maximum atomic E-state index is 12.9. The van der Waals surface area contributed by atoms with Gasteiger partial charge in [0.2, 0.25) is 0 Å². The van der Waals surface area contributed by atoms with E-state index in [1.54, 1.807) is 10.6 Å². The lowest BCUT2D eigenvalue weighted by Crippen LogP contribution is -2.06. The van der Waals surface area contributed by atoms with E-state index in [-0.39, 0.29) is 0 Å². The summed E-state index contributed by atoms with van der Waals surface area (Å²) in [4.78, 5) is 4.84. The number of aromatic nitrogens is 2. The number of hydrogen-bond acceptors (Lipinski definition) is 2.